The van der Waals surface area contributed by atoms with E-state index in [1.807, 2.05) is 20.8 Å². The molecule has 3 aliphatic rings. The maximum atomic E-state index is 13.7. The molecule has 0 saturated heterocycles. The van der Waals surface area contributed by atoms with Gasteiger partial charge in [0, 0.05) is 16.6 Å². The fourth-order valence-electron chi connectivity index (χ4n) is 5.62. The Kier molecular flexibility index (Phi) is 3.62. The molecule has 1 N–H and O–H groups in total. The van der Waals surface area contributed by atoms with Gasteiger partial charge in [-0.3, -0.25) is 9.59 Å². The lowest BCUT2D eigenvalue weighted by Gasteiger charge is -2.43. The molecule has 3 aliphatic carbocycles. The highest BCUT2D eigenvalue weighted by Gasteiger charge is 2.82. The molecule has 136 valence electrons. The molecule has 0 aromatic rings. The molecule has 2 fully saturated rings. The third-order valence-corrected chi connectivity index (χ3v) is 7.16. The van der Waals surface area contributed by atoms with E-state index in [-0.39, 0.29) is 23.2 Å². The van der Waals surface area contributed by atoms with Crippen LogP contribution in [0.4, 0.5) is 0 Å². The van der Waals surface area contributed by atoms with Crippen LogP contribution in [0, 0.1) is 22.7 Å². The number of carbonyl (C=O) groups is 3. The second-order valence-corrected chi connectivity index (χ2v) is 8.30. The first-order chi connectivity index (χ1) is 11.5. The monoisotopic (exact) mass is 346 g/mol. The normalized spacial score (nSPS) is 39.7. The van der Waals surface area contributed by atoms with Crippen molar-refractivity contribution in [3.05, 3.63) is 23.0 Å². The fraction of sp³-hybridized carbons (Fsp3) is 0.650. The number of allylic oxidation sites excluding steroid dienone is 2. The van der Waals surface area contributed by atoms with Crippen LogP contribution in [0.1, 0.15) is 54.4 Å². The van der Waals surface area contributed by atoms with Gasteiger partial charge in [0.1, 0.15) is 5.41 Å². The molecule has 2 saturated carbocycles. The van der Waals surface area contributed by atoms with Crippen molar-refractivity contribution < 1.29 is 24.2 Å². The van der Waals surface area contributed by atoms with E-state index in [2.05, 4.69) is 0 Å². The number of ether oxygens (including phenoxy) is 1. The van der Waals surface area contributed by atoms with Crippen LogP contribution in [0.2, 0.25) is 0 Å². The number of aliphatic hydroxyl groups excluding tert-OH is 1. The van der Waals surface area contributed by atoms with Crippen molar-refractivity contribution in [3.8, 4) is 0 Å². The number of aliphatic hydroxyl groups is 1. The van der Waals surface area contributed by atoms with E-state index in [9.17, 15) is 19.5 Å². The highest BCUT2D eigenvalue weighted by atomic mass is 16.6. The maximum Gasteiger partial charge on any atom is 0.334 e. The van der Waals surface area contributed by atoms with Crippen LogP contribution in [0.3, 0.4) is 0 Å². The fourth-order valence-corrected chi connectivity index (χ4v) is 5.62. The largest absolute Gasteiger partial charge is 0.504 e. The lowest BCUT2D eigenvalue weighted by molar-refractivity contribution is -0.171. The number of carbonyl (C=O) groups excluding carboxylic acids is 3. The van der Waals surface area contributed by atoms with Crippen LogP contribution >= 0.6 is 0 Å². The Hall–Kier alpha value is -1.91. The van der Waals surface area contributed by atoms with Gasteiger partial charge in [-0.1, -0.05) is 26.8 Å². The maximum absolute atomic E-state index is 13.7. The standard InChI is InChI=1S/C20H26O5/c1-7-10(2)16(23)25-20-12(4)14(21)15(22)19(17(20)24)11(3)8-9-13(19)18(20,5)6/h7,11,13,21H,8-9H2,1-6H3/b10-7-/t11-,13-,19-,20-/m1/s1. The van der Waals surface area contributed by atoms with Gasteiger partial charge in [0.2, 0.25) is 11.4 Å². The number of ketones is 2. The van der Waals surface area contributed by atoms with Crippen molar-refractivity contribution in [2.75, 3.05) is 0 Å². The van der Waals surface area contributed by atoms with Crippen molar-refractivity contribution >= 4 is 17.5 Å². The number of hydrogen-bond acceptors (Lipinski definition) is 5. The molecule has 2 bridgehead atoms. The van der Waals surface area contributed by atoms with E-state index in [1.54, 1.807) is 19.9 Å². The highest BCUT2D eigenvalue weighted by Crippen LogP contribution is 2.71. The van der Waals surface area contributed by atoms with Crippen molar-refractivity contribution in [2.45, 2.75) is 60.0 Å². The van der Waals surface area contributed by atoms with Crippen LogP contribution in [-0.4, -0.2) is 28.2 Å². The summed E-state index contributed by atoms with van der Waals surface area (Å²) < 4.78 is 5.83. The Balaban J connectivity index is 2.31. The Labute approximate surface area is 148 Å². The van der Waals surface area contributed by atoms with Gasteiger partial charge in [-0.25, -0.2) is 4.79 Å². The zero-order chi connectivity index (χ0) is 18.9. The van der Waals surface area contributed by atoms with Crippen molar-refractivity contribution in [3.63, 3.8) is 0 Å². The molecule has 25 heavy (non-hydrogen) atoms. The molecule has 4 atom stereocenters. The summed E-state index contributed by atoms with van der Waals surface area (Å²) in [4.78, 5) is 39.3. The van der Waals surface area contributed by atoms with Crippen LogP contribution in [-0.2, 0) is 19.1 Å². The predicted octanol–water partition coefficient (Wildman–Crippen LogP) is 3.29. The summed E-state index contributed by atoms with van der Waals surface area (Å²) in [5.74, 6) is -2.28. The second kappa shape index (κ2) is 5.05. The van der Waals surface area contributed by atoms with E-state index in [4.69, 9.17) is 4.74 Å². The number of fused-ring (bicyclic) bond motifs is 1. The molecular formula is C20H26O5. The molecule has 3 rings (SSSR count). The molecule has 0 aromatic heterocycles. The molecule has 0 aliphatic heterocycles. The zero-order valence-corrected chi connectivity index (χ0v) is 15.7. The van der Waals surface area contributed by atoms with Gasteiger partial charge in [0.25, 0.3) is 0 Å². The van der Waals surface area contributed by atoms with Gasteiger partial charge in [-0.2, -0.15) is 0 Å². The quantitative estimate of drug-likeness (QED) is 0.471. The van der Waals surface area contributed by atoms with Gasteiger partial charge in [0.05, 0.1) is 0 Å². The first-order valence-electron chi connectivity index (χ1n) is 8.87. The average molecular weight is 346 g/mol. The van der Waals surface area contributed by atoms with Crippen LogP contribution in [0.5, 0.6) is 0 Å². The zero-order valence-electron chi connectivity index (χ0n) is 15.7. The molecular weight excluding hydrogens is 320 g/mol. The summed E-state index contributed by atoms with van der Waals surface area (Å²) in [5, 5.41) is 10.6. The minimum atomic E-state index is -1.59. The van der Waals surface area contributed by atoms with E-state index in [0.717, 1.165) is 6.42 Å². The summed E-state index contributed by atoms with van der Waals surface area (Å²) in [6, 6.07) is 0. The topological polar surface area (TPSA) is 80.7 Å². The Bertz CT molecular complexity index is 756. The third kappa shape index (κ3) is 1.67. The van der Waals surface area contributed by atoms with Gasteiger partial charge in [-0.05, 0) is 45.4 Å². The van der Waals surface area contributed by atoms with E-state index in [0.29, 0.717) is 12.0 Å². The van der Waals surface area contributed by atoms with E-state index >= 15 is 0 Å². The van der Waals surface area contributed by atoms with Crippen molar-refractivity contribution in [2.24, 2.45) is 22.7 Å². The summed E-state index contributed by atoms with van der Waals surface area (Å²) >= 11 is 0. The summed E-state index contributed by atoms with van der Waals surface area (Å²) in [5.41, 5.74) is -3.09. The van der Waals surface area contributed by atoms with Crippen LogP contribution in [0.15, 0.2) is 23.0 Å². The molecule has 0 heterocycles. The molecule has 0 unspecified atom stereocenters. The minimum Gasteiger partial charge on any atom is -0.504 e. The molecule has 0 aromatic carbocycles. The van der Waals surface area contributed by atoms with Crippen LogP contribution < -0.4 is 0 Å². The molecule has 5 heteroatoms. The average Bonchev–Trinajstić information content (AvgIpc) is 2.97. The van der Waals surface area contributed by atoms with Gasteiger partial charge < -0.3 is 9.84 Å². The molecule has 1 spiro atoms. The summed E-state index contributed by atoms with van der Waals surface area (Å²) in [6.45, 7) is 10.5. The minimum absolute atomic E-state index is 0.164. The Morgan fingerprint density at radius 1 is 1.28 bits per heavy atom. The Morgan fingerprint density at radius 2 is 1.88 bits per heavy atom. The number of esters is 1. The van der Waals surface area contributed by atoms with Gasteiger partial charge in [-0.15, -0.1) is 0 Å². The molecule has 0 radical (unpaired) electrons. The molecule has 0 amide bonds. The van der Waals surface area contributed by atoms with Crippen LogP contribution in [0.25, 0.3) is 0 Å². The lowest BCUT2D eigenvalue weighted by atomic mass is 9.65. The predicted molar refractivity (Wildman–Crippen MR) is 91.7 cm³/mol. The number of rotatable bonds is 2. The van der Waals surface area contributed by atoms with Crippen molar-refractivity contribution in [1.29, 1.82) is 0 Å². The Morgan fingerprint density at radius 3 is 2.44 bits per heavy atom. The van der Waals surface area contributed by atoms with E-state index < -0.39 is 33.9 Å². The highest BCUT2D eigenvalue weighted by molar-refractivity contribution is 6.23. The van der Waals surface area contributed by atoms with Gasteiger partial charge >= 0.3 is 5.97 Å². The second-order valence-electron chi connectivity index (χ2n) is 8.30. The molecule has 5 nitrogen and oxygen atoms in total. The first kappa shape index (κ1) is 17.9. The SMILES string of the molecule is C/C=C(/C)C(=O)O[C@@]12C(=O)[C@]3(C(=O)C(O)=C1C)[C@H](C)CC[C@@H]3C2(C)C. The number of hydrogen-bond donors (Lipinski definition) is 1. The van der Waals surface area contributed by atoms with Crippen molar-refractivity contribution in [1.82, 2.24) is 0 Å². The van der Waals surface area contributed by atoms with Gasteiger partial charge in [0.15, 0.2) is 11.5 Å². The smallest absolute Gasteiger partial charge is 0.334 e. The lowest BCUT2D eigenvalue weighted by Crippen LogP contribution is -2.58. The first-order valence-corrected chi connectivity index (χ1v) is 8.87. The third-order valence-electron chi connectivity index (χ3n) is 7.16. The number of Topliss-reactive ketones (excluding diaryl/α,β-unsaturated/α-hetero) is 2. The summed E-state index contributed by atoms with van der Waals surface area (Å²) in [6.07, 6.45) is 3.07. The summed E-state index contributed by atoms with van der Waals surface area (Å²) in [7, 11) is 0. The van der Waals surface area contributed by atoms with E-state index in [1.165, 1.54) is 6.92 Å².